The second kappa shape index (κ2) is 16.3. The topological polar surface area (TPSA) is 167 Å². The van der Waals surface area contributed by atoms with Crippen LogP contribution in [0.3, 0.4) is 0 Å². The van der Waals surface area contributed by atoms with Gasteiger partial charge in [-0.2, -0.15) is 13.2 Å². The first-order chi connectivity index (χ1) is 26.2. The molecule has 17 heteroatoms. The summed E-state index contributed by atoms with van der Waals surface area (Å²) in [6.45, 7) is -0.672. The van der Waals surface area contributed by atoms with Crippen molar-refractivity contribution in [3.8, 4) is 22.6 Å². The van der Waals surface area contributed by atoms with Crippen molar-refractivity contribution in [2.45, 2.75) is 59.8 Å². The van der Waals surface area contributed by atoms with E-state index in [-0.39, 0.29) is 30.3 Å². The van der Waals surface area contributed by atoms with Gasteiger partial charge in [-0.3, -0.25) is 14.9 Å². The molecule has 1 aliphatic carbocycles. The number of nitrogens with one attached hydrogen (secondary N) is 2. The van der Waals surface area contributed by atoms with E-state index in [4.69, 9.17) is 30.6 Å². The van der Waals surface area contributed by atoms with Crippen LogP contribution in [-0.2, 0) is 33.7 Å². The van der Waals surface area contributed by atoms with Gasteiger partial charge in [0.1, 0.15) is 18.1 Å². The molecule has 1 heterocycles. The summed E-state index contributed by atoms with van der Waals surface area (Å²) >= 11 is 5.91. The first-order valence-corrected chi connectivity index (χ1v) is 18.8. The van der Waals surface area contributed by atoms with Crippen molar-refractivity contribution in [1.82, 2.24) is 10.8 Å². The molecular weight excluding hydrogens is 769 g/mol. The van der Waals surface area contributed by atoms with Crippen molar-refractivity contribution in [2.75, 3.05) is 13.2 Å². The molecule has 1 saturated heterocycles. The Balaban J connectivity index is 1.18. The third kappa shape index (κ3) is 8.72. The summed E-state index contributed by atoms with van der Waals surface area (Å²) in [7, 11) is -4.75. The van der Waals surface area contributed by atoms with Crippen molar-refractivity contribution >= 4 is 39.4 Å². The number of hydrogen-bond acceptors (Lipinski definition) is 9. The lowest BCUT2D eigenvalue weighted by Crippen LogP contribution is -2.59. The molecule has 0 aromatic heterocycles. The van der Waals surface area contributed by atoms with E-state index in [1.807, 2.05) is 36.4 Å². The largest absolute Gasteiger partial charge is 0.481 e. The van der Waals surface area contributed by atoms with Gasteiger partial charge in [-0.1, -0.05) is 60.1 Å². The van der Waals surface area contributed by atoms with Gasteiger partial charge in [0.05, 0.1) is 11.0 Å². The molecule has 4 aromatic rings. The first kappa shape index (κ1) is 39.5. The minimum absolute atomic E-state index is 0.191. The van der Waals surface area contributed by atoms with Gasteiger partial charge in [-0.25, -0.2) is 23.5 Å². The smallest absolute Gasteiger partial charge is 0.436 e. The van der Waals surface area contributed by atoms with E-state index < -0.39 is 76.2 Å². The number of carboxylic acid groups (broad SMARTS) is 1. The van der Waals surface area contributed by atoms with Crippen LogP contribution in [0.5, 0.6) is 11.5 Å². The van der Waals surface area contributed by atoms with E-state index in [0.29, 0.717) is 10.8 Å². The first-order valence-electron chi connectivity index (χ1n) is 16.9. The number of ether oxygens (including phenoxy) is 3. The van der Waals surface area contributed by atoms with Crippen LogP contribution >= 0.6 is 11.6 Å². The molecule has 290 valence electrons. The number of amides is 2. The summed E-state index contributed by atoms with van der Waals surface area (Å²) in [5, 5.41) is 11.2. The minimum Gasteiger partial charge on any atom is -0.481 e. The lowest BCUT2D eigenvalue weighted by atomic mass is 9.91. The summed E-state index contributed by atoms with van der Waals surface area (Å²) in [4.78, 5) is 42.2. The Hall–Kier alpha value is -5.16. The molecule has 2 aliphatic rings. The number of halogens is 4. The van der Waals surface area contributed by atoms with Crippen LogP contribution in [0, 0.1) is 0 Å². The number of carbonyl (C=O) groups is 3. The van der Waals surface area contributed by atoms with Gasteiger partial charge in [0.25, 0.3) is 12.1 Å². The third-order valence-corrected chi connectivity index (χ3v) is 12.1. The van der Waals surface area contributed by atoms with Gasteiger partial charge in [0.15, 0.2) is 14.6 Å². The third-order valence-electron chi connectivity index (χ3n) is 9.37. The molecule has 2 amide bonds. The highest BCUT2D eigenvalue weighted by molar-refractivity contribution is 7.93. The Morgan fingerprint density at radius 2 is 1.49 bits per heavy atom. The zero-order valence-corrected chi connectivity index (χ0v) is 30.3. The standard InChI is InChI=1S/C38H34ClF3N2O10S/c39-23-9-11-24(12-10-23)53-25-13-16-27(17-14-25)55(49,50)37(19-20-51-26(21-37)15-18-33(45)46)34(47)44-54-35(38(40,41)42)43-36(48)52-22-32-30-7-3-1-5-28(30)29-6-2-4-8-31(29)32/h1-14,16-17,26,32,35H,15,18-22H2,(H,43,48)(H,44,47)(H,45,46). The predicted octanol–water partition coefficient (Wildman–Crippen LogP) is 7.16. The van der Waals surface area contributed by atoms with Crippen molar-refractivity contribution in [3.05, 3.63) is 113 Å². The fraction of sp³-hybridized carbons (Fsp3) is 0.289. The summed E-state index contributed by atoms with van der Waals surface area (Å²) in [5.41, 5.74) is 5.06. The van der Waals surface area contributed by atoms with Crippen LogP contribution in [0.15, 0.2) is 102 Å². The fourth-order valence-corrected chi connectivity index (χ4v) is 8.76. The number of sulfone groups is 1. The summed E-state index contributed by atoms with van der Waals surface area (Å²) in [6.07, 6.45) is -12.8. The van der Waals surface area contributed by atoms with Gasteiger partial charge in [-0.05, 0) is 83.6 Å². The van der Waals surface area contributed by atoms with Gasteiger partial charge in [0.2, 0.25) is 0 Å². The number of fused-ring (bicyclic) bond motifs is 3. The Kier molecular flexibility index (Phi) is 11.7. The highest BCUT2D eigenvalue weighted by Gasteiger charge is 2.55. The van der Waals surface area contributed by atoms with Crippen LogP contribution in [0.4, 0.5) is 18.0 Å². The van der Waals surface area contributed by atoms with Crippen molar-refractivity contribution in [3.63, 3.8) is 0 Å². The molecule has 0 saturated carbocycles. The van der Waals surface area contributed by atoms with E-state index in [2.05, 4.69) is 0 Å². The Morgan fingerprint density at radius 1 is 0.909 bits per heavy atom. The quantitative estimate of drug-likeness (QED) is 0.0933. The fourth-order valence-electron chi connectivity index (χ4n) is 6.64. The number of hydrogen-bond donors (Lipinski definition) is 3. The maximum atomic E-state index is 14.3. The molecule has 3 unspecified atom stereocenters. The van der Waals surface area contributed by atoms with Crippen LogP contribution in [0.2, 0.25) is 5.02 Å². The van der Waals surface area contributed by atoms with E-state index >= 15 is 0 Å². The maximum absolute atomic E-state index is 14.3. The molecule has 6 rings (SSSR count). The summed E-state index contributed by atoms with van der Waals surface area (Å²) < 4.78 is 85.2. The lowest BCUT2D eigenvalue weighted by molar-refractivity contribution is -0.244. The van der Waals surface area contributed by atoms with E-state index in [1.54, 1.807) is 47.2 Å². The van der Waals surface area contributed by atoms with Gasteiger partial charge < -0.3 is 19.3 Å². The number of alkyl carbamates (subject to hydrolysis) is 1. The normalized spacial score (nSPS) is 18.7. The minimum atomic E-state index is -5.30. The molecule has 3 atom stereocenters. The average molecular weight is 803 g/mol. The van der Waals surface area contributed by atoms with Crippen LogP contribution in [0.25, 0.3) is 11.1 Å². The average Bonchev–Trinajstić information content (AvgIpc) is 3.48. The SMILES string of the molecule is O=C(O)CCC1CC(C(=O)NOC(NC(=O)OCC2c3ccccc3-c3ccccc32)C(F)(F)F)(S(=O)(=O)c2ccc(Oc3ccc(Cl)cc3)cc2)CCO1. The Labute approximate surface area is 318 Å². The van der Waals surface area contributed by atoms with Crippen molar-refractivity contribution < 1.29 is 60.1 Å². The van der Waals surface area contributed by atoms with E-state index in [9.17, 15) is 41.1 Å². The van der Waals surface area contributed by atoms with Crippen molar-refractivity contribution in [2.24, 2.45) is 0 Å². The molecule has 0 spiro atoms. The number of alkyl halides is 3. The number of aliphatic carboxylic acids is 1. The maximum Gasteiger partial charge on any atom is 0.436 e. The molecule has 1 aliphatic heterocycles. The van der Waals surface area contributed by atoms with Crippen molar-refractivity contribution in [1.29, 1.82) is 0 Å². The van der Waals surface area contributed by atoms with Crippen LogP contribution < -0.4 is 15.5 Å². The van der Waals surface area contributed by atoms with Crippen LogP contribution in [-0.4, -0.2) is 68.0 Å². The Bertz CT molecular complexity index is 2110. The number of carbonyl (C=O) groups excluding carboxylic acids is 2. The second-order valence-electron chi connectivity index (χ2n) is 12.8. The zero-order valence-electron chi connectivity index (χ0n) is 28.8. The lowest BCUT2D eigenvalue weighted by Gasteiger charge is -2.39. The van der Waals surface area contributed by atoms with Gasteiger partial charge in [0, 0.05) is 30.4 Å². The predicted molar refractivity (Wildman–Crippen MR) is 191 cm³/mol. The van der Waals surface area contributed by atoms with Crippen LogP contribution in [0.1, 0.15) is 42.7 Å². The number of carboxylic acids is 1. The molecule has 0 bridgehead atoms. The molecule has 55 heavy (non-hydrogen) atoms. The number of benzene rings is 4. The van der Waals surface area contributed by atoms with Gasteiger partial charge >= 0.3 is 18.2 Å². The molecule has 1 fully saturated rings. The second-order valence-corrected chi connectivity index (χ2v) is 15.5. The number of rotatable bonds is 13. The number of hydroxylamine groups is 1. The van der Waals surface area contributed by atoms with Gasteiger partial charge in [-0.15, -0.1) is 0 Å². The summed E-state index contributed by atoms with van der Waals surface area (Å²) in [5.74, 6) is -2.54. The highest BCUT2D eigenvalue weighted by atomic mass is 35.5. The monoisotopic (exact) mass is 802 g/mol. The highest BCUT2D eigenvalue weighted by Crippen LogP contribution is 2.45. The summed E-state index contributed by atoms with van der Waals surface area (Å²) in [6, 6.07) is 26.0. The molecule has 4 aromatic carbocycles. The Morgan fingerprint density at radius 3 is 2.07 bits per heavy atom. The zero-order chi connectivity index (χ0) is 39.4. The van der Waals surface area contributed by atoms with E-state index in [1.165, 1.54) is 12.1 Å². The molecular formula is C38H34ClF3N2O10S. The van der Waals surface area contributed by atoms with E-state index in [0.717, 1.165) is 34.4 Å². The molecule has 12 nitrogen and oxygen atoms in total. The molecule has 3 N–H and O–H groups in total. The molecule has 0 radical (unpaired) electrons.